The van der Waals surface area contributed by atoms with Crippen LogP contribution < -0.4 is 0 Å². The number of carbonyl (C=O) groups excluding carboxylic acids is 1. The Morgan fingerprint density at radius 3 is 2.56 bits per heavy atom. The van der Waals surface area contributed by atoms with Crippen molar-refractivity contribution < 1.29 is 9.90 Å². The zero-order chi connectivity index (χ0) is 12.0. The molecule has 1 amide bonds. The highest BCUT2D eigenvalue weighted by atomic mass is 16.3. The zero-order valence-electron chi connectivity index (χ0n) is 10.6. The van der Waals surface area contributed by atoms with Gasteiger partial charge in [-0.25, -0.2) is 0 Å². The molecular weight excluding hydrogens is 202 g/mol. The highest BCUT2D eigenvalue weighted by Gasteiger charge is 2.28. The molecule has 0 spiro atoms. The summed E-state index contributed by atoms with van der Waals surface area (Å²) in [4.78, 5) is 13.6. The molecular formula is C13H25NO2. The molecule has 0 heterocycles. The minimum Gasteiger partial charge on any atom is -0.393 e. The maximum atomic E-state index is 11.7. The average molecular weight is 227 g/mol. The van der Waals surface area contributed by atoms with Crippen molar-refractivity contribution in [3.8, 4) is 0 Å². The van der Waals surface area contributed by atoms with Crippen LogP contribution in [0.25, 0.3) is 0 Å². The fourth-order valence-corrected chi connectivity index (χ4v) is 2.23. The highest BCUT2D eigenvalue weighted by molar-refractivity contribution is 5.75. The van der Waals surface area contributed by atoms with Crippen molar-refractivity contribution in [3.63, 3.8) is 0 Å². The van der Waals surface area contributed by atoms with E-state index in [4.69, 9.17) is 5.11 Å². The van der Waals surface area contributed by atoms with Gasteiger partial charge in [0.05, 0.1) is 6.10 Å². The highest BCUT2D eigenvalue weighted by Crippen LogP contribution is 2.27. The van der Waals surface area contributed by atoms with Crippen molar-refractivity contribution in [3.05, 3.63) is 0 Å². The molecule has 3 heteroatoms. The Morgan fingerprint density at radius 2 is 2.00 bits per heavy atom. The van der Waals surface area contributed by atoms with Gasteiger partial charge < -0.3 is 10.0 Å². The smallest absolute Gasteiger partial charge is 0.222 e. The predicted molar refractivity (Wildman–Crippen MR) is 65.1 cm³/mol. The van der Waals surface area contributed by atoms with Crippen LogP contribution in [-0.2, 0) is 4.79 Å². The lowest BCUT2D eigenvalue weighted by Gasteiger charge is -2.34. The average Bonchev–Trinajstić information content (AvgIpc) is 2.21. The standard InChI is InChI=1S/C13H25NO2/c1-3-4-5-6-7-13(16)14(2)10-11-8-12(15)9-11/h11-12,15H,3-10H2,1-2H3. The monoisotopic (exact) mass is 227 g/mol. The molecule has 0 aromatic carbocycles. The van der Waals surface area contributed by atoms with Crippen molar-refractivity contribution >= 4 is 5.91 Å². The molecule has 1 fully saturated rings. The fourth-order valence-electron chi connectivity index (χ4n) is 2.23. The molecule has 16 heavy (non-hydrogen) atoms. The van der Waals surface area contributed by atoms with E-state index in [0.717, 1.165) is 32.2 Å². The normalized spacial score (nSPS) is 23.9. The maximum absolute atomic E-state index is 11.7. The van der Waals surface area contributed by atoms with Gasteiger partial charge in [-0.3, -0.25) is 4.79 Å². The van der Waals surface area contributed by atoms with Crippen LogP contribution in [0.3, 0.4) is 0 Å². The molecule has 1 saturated carbocycles. The van der Waals surface area contributed by atoms with Crippen LogP contribution in [-0.4, -0.2) is 35.6 Å². The van der Waals surface area contributed by atoms with Gasteiger partial charge in [0.15, 0.2) is 0 Å². The van der Waals surface area contributed by atoms with Gasteiger partial charge >= 0.3 is 0 Å². The van der Waals surface area contributed by atoms with Gasteiger partial charge in [-0.1, -0.05) is 26.2 Å². The molecule has 0 aromatic heterocycles. The number of hydrogen-bond acceptors (Lipinski definition) is 2. The van der Waals surface area contributed by atoms with Crippen molar-refractivity contribution in [2.24, 2.45) is 5.92 Å². The van der Waals surface area contributed by atoms with Crippen molar-refractivity contribution in [2.45, 2.75) is 58.0 Å². The number of nitrogens with zero attached hydrogens (tertiary/aromatic N) is 1. The molecule has 1 N–H and O–H groups in total. The number of rotatable bonds is 7. The molecule has 3 nitrogen and oxygen atoms in total. The summed E-state index contributed by atoms with van der Waals surface area (Å²) < 4.78 is 0. The van der Waals surface area contributed by atoms with Crippen LogP contribution in [0, 0.1) is 5.92 Å². The third kappa shape index (κ3) is 4.52. The third-order valence-electron chi connectivity index (χ3n) is 3.41. The van der Waals surface area contributed by atoms with Gasteiger partial charge in [-0.15, -0.1) is 0 Å². The van der Waals surface area contributed by atoms with E-state index >= 15 is 0 Å². The molecule has 0 atom stereocenters. The number of aliphatic hydroxyl groups is 1. The van der Waals surface area contributed by atoms with E-state index in [1.54, 1.807) is 0 Å². The van der Waals surface area contributed by atoms with Crippen LogP contribution in [0.1, 0.15) is 51.9 Å². The topological polar surface area (TPSA) is 40.5 Å². The molecule has 0 saturated heterocycles. The Labute approximate surface area is 98.8 Å². The SMILES string of the molecule is CCCCCCC(=O)N(C)CC1CC(O)C1. The van der Waals surface area contributed by atoms with Gasteiger partial charge in [0.2, 0.25) is 5.91 Å². The second kappa shape index (κ2) is 6.89. The van der Waals surface area contributed by atoms with Crippen LogP contribution >= 0.6 is 0 Å². The van der Waals surface area contributed by atoms with Gasteiger partial charge in [0, 0.05) is 20.0 Å². The first-order chi connectivity index (χ1) is 7.63. The van der Waals surface area contributed by atoms with Crippen molar-refractivity contribution in [1.29, 1.82) is 0 Å². The minimum atomic E-state index is -0.113. The quantitative estimate of drug-likeness (QED) is 0.677. The number of amides is 1. The number of aliphatic hydroxyl groups excluding tert-OH is 1. The van der Waals surface area contributed by atoms with E-state index in [0.29, 0.717) is 12.3 Å². The predicted octanol–water partition coefficient (Wildman–Crippen LogP) is 2.19. The summed E-state index contributed by atoms with van der Waals surface area (Å²) in [6, 6.07) is 0. The Morgan fingerprint density at radius 1 is 1.31 bits per heavy atom. The molecule has 0 aromatic rings. The van der Waals surface area contributed by atoms with Crippen LogP contribution in [0.5, 0.6) is 0 Å². The largest absolute Gasteiger partial charge is 0.393 e. The van der Waals surface area contributed by atoms with E-state index in [-0.39, 0.29) is 12.0 Å². The van der Waals surface area contributed by atoms with Crippen LogP contribution in [0.15, 0.2) is 0 Å². The third-order valence-corrected chi connectivity index (χ3v) is 3.41. The summed E-state index contributed by atoms with van der Waals surface area (Å²) in [7, 11) is 1.88. The minimum absolute atomic E-state index is 0.113. The zero-order valence-corrected chi connectivity index (χ0v) is 10.6. The lowest BCUT2D eigenvalue weighted by Crippen LogP contribution is -2.39. The summed E-state index contributed by atoms with van der Waals surface area (Å²) in [6.45, 7) is 3.00. The first-order valence-corrected chi connectivity index (χ1v) is 6.55. The molecule has 0 radical (unpaired) electrons. The maximum Gasteiger partial charge on any atom is 0.222 e. The molecule has 94 valence electrons. The van der Waals surface area contributed by atoms with Crippen molar-refractivity contribution in [1.82, 2.24) is 4.90 Å². The second-order valence-electron chi connectivity index (χ2n) is 5.08. The Hall–Kier alpha value is -0.570. The van der Waals surface area contributed by atoms with E-state index < -0.39 is 0 Å². The second-order valence-corrected chi connectivity index (χ2v) is 5.08. The lowest BCUT2D eigenvalue weighted by molar-refractivity contribution is -0.131. The lowest BCUT2D eigenvalue weighted by atomic mass is 9.82. The Bertz CT molecular complexity index is 212. The molecule has 0 bridgehead atoms. The summed E-state index contributed by atoms with van der Waals surface area (Å²) in [5, 5.41) is 9.17. The summed E-state index contributed by atoms with van der Waals surface area (Å²) in [5.41, 5.74) is 0. The fraction of sp³-hybridized carbons (Fsp3) is 0.923. The van der Waals surface area contributed by atoms with E-state index in [1.165, 1.54) is 12.8 Å². The van der Waals surface area contributed by atoms with Crippen LogP contribution in [0.2, 0.25) is 0 Å². The van der Waals surface area contributed by atoms with E-state index in [1.807, 2.05) is 11.9 Å². The summed E-state index contributed by atoms with van der Waals surface area (Å²) >= 11 is 0. The van der Waals surface area contributed by atoms with E-state index in [9.17, 15) is 4.79 Å². The first kappa shape index (κ1) is 13.5. The molecule has 0 unspecified atom stereocenters. The van der Waals surface area contributed by atoms with Crippen LogP contribution in [0.4, 0.5) is 0 Å². The summed E-state index contributed by atoms with van der Waals surface area (Å²) in [5.74, 6) is 0.789. The summed E-state index contributed by atoms with van der Waals surface area (Å²) in [6.07, 6.45) is 6.93. The molecule has 1 aliphatic rings. The van der Waals surface area contributed by atoms with Crippen molar-refractivity contribution in [2.75, 3.05) is 13.6 Å². The van der Waals surface area contributed by atoms with Gasteiger partial charge in [-0.2, -0.15) is 0 Å². The van der Waals surface area contributed by atoms with Gasteiger partial charge in [0.25, 0.3) is 0 Å². The molecule has 1 aliphatic carbocycles. The Balaban J connectivity index is 2.06. The first-order valence-electron chi connectivity index (χ1n) is 6.55. The number of unbranched alkanes of at least 4 members (excludes halogenated alkanes) is 3. The van der Waals surface area contributed by atoms with Gasteiger partial charge in [0.1, 0.15) is 0 Å². The molecule has 1 rings (SSSR count). The number of carbonyl (C=O) groups is 1. The Kier molecular flexibility index (Phi) is 5.81. The number of hydrogen-bond donors (Lipinski definition) is 1. The van der Waals surface area contributed by atoms with Gasteiger partial charge in [-0.05, 0) is 25.2 Å². The van der Waals surface area contributed by atoms with E-state index in [2.05, 4.69) is 6.92 Å². The molecule has 0 aliphatic heterocycles.